The molecule has 1 atom stereocenters. The first-order chi connectivity index (χ1) is 11.6. The van der Waals surface area contributed by atoms with Gasteiger partial charge >= 0.3 is 5.97 Å². The molecule has 2 aromatic carbocycles. The first-order valence-corrected chi connectivity index (χ1v) is 7.54. The maximum atomic E-state index is 11.2. The van der Waals surface area contributed by atoms with Crippen LogP contribution in [0.25, 0.3) is 16.7 Å². The average molecular weight is 323 g/mol. The number of nitrogens with zero attached hydrogens (tertiary/aromatic N) is 3. The second-order valence-corrected chi connectivity index (χ2v) is 5.46. The van der Waals surface area contributed by atoms with Gasteiger partial charge in [0.2, 0.25) is 0 Å². The molecule has 0 aliphatic rings. The molecule has 0 spiro atoms. The fraction of sp³-hybridized carbons (Fsp3) is 0.167. The van der Waals surface area contributed by atoms with E-state index in [0.717, 1.165) is 22.7 Å². The van der Waals surface area contributed by atoms with Gasteiger partial charge in [0.25, 0.3) is 0 Å². The monoisotopic (exact) mass is 323 g/mol. The van der Waals surface area contributed by atoms with Crippen molar-refractivity contribution in [2.24, 2.45) is 0 Å². The van der Waals surface area contributed by atoms with E-state index in [-0.39, 0.29) is 11.9 Å². The summed E-state index contributed by atoms with van der Waals surface area (Å²) in [6, 6.07) is 12.6. The summed E-state index contributed by atoms with van der Waals surface area (Å²) >= 11 is 0. The minimum absolute atomic E-state index is 0.0785. The Morgan fingerprint density at radius 1 is 1.29 bits per heavy atom. The Kier molecular flexibility index (Phi) is 4.29. The van der Waals surface area contributed by atoms with Crippen LogP contribution < -0.4 is 0 Å². The second-order valence-electron chi connectivity index (χ2n) is 5.46. The molecule has 0 aliphatic heterocycles. The third-order valence-electron chi connectivity index (χ3n) is 3.55. The fourth-order valence-corrected chi connectivity index (χ4v) is 2.44. The zero-order chi connectivity index (χ0) is 17.1. The SMILES string of the molecule is C=CC(=O)OC(C)Cc1ccc(O)c(-n2nc3ccccc3n2)c1. The molecule has 6 nitrogen and oxygen atoms in total. The molecule has 3 aromatic rings. The number of esters is 1. The lowest BCUT2D eigenvalue weighted by atomic mass is 10.1. The van der Waals surface area contributed by atoms with Gasteiger partial charge < -0.3 is 9.84 Å². The maximum absolute atomic E-state index is 11.2. The number of phenolic OH excluding ortho intramolecular Hbond substituents is 1. The topological polar surface area (TPSA) is 77.2 Å². The molecule has 0 bridgehead atoms. The number of phenols is 1. The van der Waals surface area contributed by atoms with Gasteiger partial charge in [-0.15, -0.1) is 15.0 Å². The number of carbonyl (C=O) groups is 1. The van der Waals surface area contributed by atoms with E-state index in [0.29, 0.717) is 12.1 Å². The standard InChI is InChI=1S/C18H17N3O3/c1-3-18(23)24-12(2)10-13-8-9-17(22)16(11-13)21-19-14-6-4-5-7-15(14)20-21/h3-9,11-12,22H,1,10H2,2H3. The van der Waals surface area contributed by atoms with Gasteiger partial charge in [-0.3, -0.25) is 0 Å². The third-order valence-corrected chi connectivity index (χ3v) is 3.55. The first-order valence-electron chi connectivity index (χ1n) is 7.54. The molecule has 1 N–H and O–H groups in total. The quantitative estimate of drug-likeness (QED) is 0.577. The van der Waals surface area contributed by atoms with Gasteiger partial charge in [-0.25, -0.2) is 4.79 Å². The van der Waals surface area contributed by atoms with E-state index in [4.69, 9.17) is 4.74 Å². The van der Waals surface area contributed by atoms with Crippen LogP contribution in [-0.4, -0.2) is 32.2 Å². The number of ether oxygens (including phenoxy) is 1. The zero-order valence-electron chi connectivity index (χ0n) is 13.2. The van der Waals surface area contributed by atoms with Crippen LogP contribution in [0, 0.1) is 0 Å². The molecule has 6 heteroatoms. The highest BCUT2D eigenvalue weighted by Gasteiger charge is 2.12. The van der Waals surface area contributed by atoms with E-state index >= 15 is 0 Å². The van der Waals surface area contributed by atoms with Crippen molar-refractivity contribution >= 4 is 17.0 Å². The fourth-order valence-electron chi connectivity index (χ4n) is 2.44. The second kappa shape index (κ2) is 6.54. The van der Waals surface area contributed by atoms with Crippen LogP contribution in [-0.2, 0) is 16.0 Å². The van der Waals surface area contributed by atoms with E-state index < -0.39 is 5.97 Å². The predicted octanol–water partition coefficient (Wildman–Crippen LogP) is 2.79. The lowest BCUT2D eigenvalue weighted by Gasteiger charge is -2.13. The van der Waals surface area contributed by atoms with Crippen LogP contribution in [0.1, 0.15) is 12.5 Å². The Labute approximate surface area is 139 Å². The van der Waals surface area contributed by atoms with E-state index in [1.165, 1.54) is 4.80 Å². The molecule has 0 aliphatic carbocycles. The molecule has 3 rings (SSSR count). The summed E-state index contributed by atoms with van der Waals surface area (Å²) < 4.78 is 5.17. The number of hydrogen-bond donors (Lipinski definition) is 1. The summed E-state index contributed by atoms with van der Waals surface area (Å²) in [5.74, 6) is -0.378. The van der Waals surface area contributed by atoms with Crippen LogP contribution in [0.2, 0.25) is 0 Å². The molecular weight excluding hydrogens is 306 g/mol. The predicted molar refractivity (Wildman–Crippen MR) is 90.0 cm³/mol. The number of aromatic hydroxyl groups is 1. The summed E-state index contributed by atoms with van der Waals surface area (Å²) in [4.78, 5) is 12.7. The highest BCUT2D eigenvalue weighted by atomic mass is 16.5. The number of carbonyl (C=O) groups excluding carboxylic acids is 1. The highest BCUT2D eigenvalue weighted by molar-refractivity contribution is 5.81. The zero-order valence-corrected chi connectivity index (χ0v) is 13.2. The number of benzene rings is 2. The van der Waals surface area contributed by atoms with Gasteiger partial charge in [0.15, 0.2) is 0 Å². The van der Waals surface area contributed by atoms with Crippen molar-refractivity contribution in [3.8, 4) is 11.4 Å². The number of hydrogen-bond acceptors (Lipinski definition) is 5. The van der Waals surface area contributed by atoms with Crippen LogP contribution in [0.15, 0.2) is 55.1 Å². The largest absolute Gasteiger partial charge is 0.506 e. The highest BCUT2D eigenvalue weighted by Crippen LogP contribution is 2.24. The Hall–Kier alpha value is -3.15. The van der Waals surface area contributed by atoms with Crippen molar-refractivity contribution in [2.45, 2.75) is 19.4 Å². The lowest BCUT2D eigenvalue weighted by molar-refractivity contribution is -0.142. The van der Waals surface area contributed by atoms with Crippen molar-refractivity contribution in [1.29, 1.82) is 0 Å². The molecule has 1 unspecified atom stereocenters. The van der Waals surface area contributed by atoms with E-state index in [1.54, 1.807) is 25.1 Å². The van der Waals surface area contributed by atoms with E-state index in [2.05, 4.69) is 16.8 Å². The molecule has 1 heterocycles. The van der Waals surface area contributed by atoms with Gasteiger partial charge in [0.1, 0.15) is 28.6 Å². The number of aromatic nitrogens is 3. The minimum atomic E-state index is -0.457. The lowest BCUT2D eigenvalue weighted by Crippen LogP contribution is -2.15. The Morgan fingerprint density at radius 3 is 2.58 bits per heavy atom. The summed E-state index contributed by atoms with van der Waals surface area (Å²) in [5, 5.41) is 18.9. The van der Waals surface area contributed by atoms with Crippen LogP contribution in [0.4, 0.5) is 0 Å². The number of rotatable bonds is 5. The molecule has 0 saturated heterocycles. The molecule has 1 aromatic heterocycles. The van der Waals surface area contributed by atoms with Crippen molar-refractivity contribution in [1.82, 2.24) is 15.0 Å². The molecule has 0 fully saturated rings. The van der Waals surface area contributed by atoms with E-state index in [9.17, 15) is 9.90 Å². The first kappa shape index (κ1) is 15.7. The van der Waals surface area contributed by atoms with Crippen LogP contribution in [0.5, 0.6) is 5.75 Å². The maximum Gasteiger partial charge on any atom is 0.330 e. The van der Waals surface area contributed by atoms with E-state index in [1.807, 2.05) is 24.3 Å². The molecule has 0 saturated carbocycles. The van der Waals surface area contributed by atoms with Crippen molar-refractivity contribution in [3.05, 3.63) is 60.7 Å². The van der Waals surface area contributed by atoms with Gasteiger partial charge in [0.05, 0.1) is 0 Å². The molecule has 24 heavy (non-hydrogen) atoms. The normalized spacial score (nSPS) is 12.0. The van der Waals surface area contributed by atoms with Crippen LogP contribution >= 0.6 is 0 Å². The molecular formula is C18H17N3O3. The number of fused-ring (bicyclic) bond motifs is 1. The van der Waals surface area contributed by atoms with Gasteiger partial charge in [-0.1, -0.05) is 24.8 Å². The van der Waals surface area contributed by atoms with Gasteiger partial charge in [-0.05, 0) is 36.8 Å². The summed E-state index contributed by atoms with van der Waals surface area (Å²) in [6.45, 7) is 5.18. The van der Waals surface area contributed by atoms with Gasteiger partial charge in [-0.2, -0.15) is 0 Å². The Bertz CT molecular complexity index is 868. The Morgan fingerprint density at radius 2 is 1.96 bits per heavy atom. The molecule has 0 amide bonds. The summed E-state index contributed by atoms with van der Waals surface area (Å²) in [5.41, 5.74) is 2.87. The van der Waals surface area contributed by atoms with Crippen LogP contribution in [0.3, 0.4) is 0 Å². The summed E-state index contributed by atoms with van der Waals surface area (Å²) in [6.07, 6.45) is 1.34. The third kappa shape index (κ3) is 3.27. The van der Waals surface area contributed by atoms with Crippen molar-refractivity contribution in [3.63, 3.8) is 0 Å². The minimum Gasteiger partial charge on any atom is -0.506 e. The Balaban J connectivity index is 1.88. The van der Waals surface area contributed by atoms with Crippen molar-refractivity contribution < 1.29 is 14.6 Å². The average Bonchev–Trinajstić information content (AvgIpc) is 3.00. The smallest absolute Gasteiger partial charge is 0.330 e. The molecule has 0 radical (unpaired) electrons. The summed E-state index contributed by atoms with van der Waals surface area (Å²) in [7, 11) is 0. The molecule has 122 valence electrons. The van der Waals surface area contributed by atoms with Gasteiger partial charge in [0, 0.05) is 12.5 Å². The van der Waals surface area contributed by atoms with Crippen molar-refractivity contribution in [2.75, 3.05) is 0 Å².